The molecule has 1 aromatic heterocycles. The number of nitrogens with one attached hydrogen (secondary N) is 1. The minimum Gasteiger partial charge on any atom is -0.493 e. The van der Waals surface area contributed by atoms with Gasteiger partial charge in [0.1, 0.15) is 5.75 Å². The van der Waals surface area contributed by atoms with Gasteiger partial charge >= 0.3 is 0 Å². The molecule has 1 fully saturated rings. The van der Waals surface area contributed by atoms with E-state index in [0.29, 0.717) is 5.56 Å². The van der Waals surface area contributed by atoms with Crippen molar-refractivity contribution in [1.82, 2.24) is 15.2 Å². The van der Waals surface area contributed by atoms with Gasteiger partial charge in [0, 0.05) is 57.0 Å². The number of carbonyl (C=O) groups is 1. The Bertz CT molecular complexity index is 781. The normalized spacial score (nSPS) is 22.0. The third-order valence-electron chi connectivity index (χ3n) is 5.15. The van der Waals surface area contributed by atoms with Crippen molar-refractivity contribution in [3.8, 4) is 5.75 Å². The van der Waals surface area contributed by atoms with Crippen molar-refractivity contribution in [1.29, 1.82) is 0 Å². The first-order chi connectivity index (χ1) is 12.7. The van der Waals surface area contributed by atoms with Gasteiger partial charge in [-0.05, 0) is 29.3 Å². The van der Waals surface area contributed by atoms with E-state index < -0.39 is 0 Å². The van der Waals surface area contributed by atoms with E-state index in [9.17, 15) is 9.90 Å². The van der Waals surface area contributed by atoms with E-state index in [1.807, 2.05) is 6.07 Å². The van der Waals surface area contributed by atoms with E-state index in [4.69, 9.17) is 4.74 Å². The van der Waals surface area contributed by atoms with Crippen LogP contribution in [0.15, 0.2) is 42.7 Å². The minimum absolute atomic E-state index is 0.0355. The summed E-state index contributed by atoms with van der Waals surface area (Å²) in [5.74, 6) is 0.886. The number of ether oxygens (including phenoxy) is 1. The number of likely N-dealkylation sites (tertiary alicyclic amines) is 1. The molecule has 0 saturated carbocycles. The van der Waals surface area contributed by atoms with Gasteiger partial charge in [-0.25, -0.2) is 0 Å². The number of benzene rings is 1. The number of pyridine rings is 1. The SMILES string of the molecule is O=C(N[C@@H]1CN(Cc2ccc3c(c2)CCO3)C[C@H]1CO)c1cccnc1. The fourth-order valence-electron chi connectivity index (χ4n) is 3.78. The lowest BCUT2D eigenvalue weighted by Gasteiger charge is -2.18. The molecule has 6 nitrogen and oxygen atoms in total. The Labute approximate surface area is 152 Å². The van der Waals surface area contributed by atoms with Crippen molar-refractivity contribution in [3.05, 3.63) is 59.4 Å². The van der Waals surface area contributed by atoms with Crippen LogP contribution in [0.5, 0.6) is 5.75 Å². The van der Waals surface area contributed by atoms with E-state index in [1.54, 1.807) is 24.5 Å². The first-order valence-electron chi connectivity index (χ1n) is 9.01. The monoisotopic (exact) mass is 353 g/mol. The Balaban J connectivity index is 1.40. The van der Waals surface area contributed by atoms with Gasteiger partial charge in [-0.15, -0.1) is 0 Å². The second-order valence-electron chi connectivity index (χ2n) is 7.00. The number of nitrogens with zero attached hydrogens (tertiary/aromatic N) is 2. The van der Waals surface area contributed by atoms with Crippen molar-refractivity contribution in [3.63, 3.8) is 0 Å². The lowest BCUT2D eigenvalue weighted by atomic mass is 10.0. The standard InChI is InChI=1S/C20H23N3O3/c24-13-17-11-23(10-14-3-4-19-15(8-14)5-7-26-19)12-18(17)22-20(25)16-2-1-6-21-9-16/h1-4,6,8-9,17-18,24H,5,7,10-13H2,(H,22,25)/t17-,18+/m0/s1. The number of fused-ring (bicyclic) bond motifs is 1. The Kier molecular flexibility index (Phi) is 4.86. The van der Waals surface area contributed by atoms with Crippen molar-refractivity contribution in [2.24, 2.45) is 5.92 Å². The number of carbonyl (C=O) groups excluding carboxylic acids is 1. The van der Waals surface area contributed by atoms with E-state index in [-0.39, 0.29) is 24.5 Å². The zero-order valence-corrected chi connectivity index (χ0v) is 14.6. The highest BCUT2D eigenvalue weighted by Gasteiger charge is 2.33. The predicted molar refractivity (Wildman–Crippen MR) is 97.0 cm³/mol. The van der Waals surface area contributed by atoms with Gasteiger partial charge in [-0.3, -0.25) is 14.7 Å². The molecule has 2 aliphatic rings. The first kappa shape index (κ1) is 17.0. The maximum Gasteiger partial charge on any atom is 0.253 e. The van der Waals surface area contributed by atoms with Crippen molar-refractivity contribution in [2.75, 3.05) is 26.3 Å². The molecule has 0 unspecified atom stereocenters. The zero-order chi connectivity index (χ0) is 17.9. The highest BCUT2D eigenvalue weighted by molar-refractivity contribution is 5.94. The summed E-state index contributed by atoms with van der Waals surface area (Å²) in [4.78, 5) is 18.7. The second-order valence-corrected chi connectivity index (χ2v) is 7.00. The maximum absolute atomic E-state index is 12.4. The van der Waals surface area contributed by atoms with Crippen LogP contribution in [0.2, 0.25) is 0 Å². The molecule has 2 aromatic rings. The van der Waals surface area contributed by atoms with Crippen LogP contribution < -0.4 is 10.1 Å². The van der Waals surface area contributed by atoms with Gasteiger partial charge in [0.15, 0.2) is 0 Å². The van der Waals surface area contributed by atoms with Gasteiger partial charge in [-0.1, -0.05) is 12.1 Å². The van der Waals surface area contributed by atoms with E-state index in [0.717, 1.165) is 38.4 Å². The van der Waals surface area contributed by atoms with Crippen LogP contribution in [0.1, 0.15) is 21.5 Å². The fraction of sp³-hybridized carbons (Fsp3) is 0.400. The molecule has 4 rings (SSSR count). The van der Waals surface area contributed by atoms with Gasteiger partial charge in [0.2, 0.25) is 0 Å². The molecule has 1 aromatic carbocycles. The van der Waals surface area contributed by atoms with Crippen LogP contribution in [0, 0.1) is 5.92 Å². The molecule has 6 heteroatoms. The molecule has 2 aliphatic heterocycles. The molecular weight excluding hydrogens is 330 g/mol. The van der Waals surface area contributed by atoms with Crippen molar-refractivity contribution >= 4 is 5.91 Å². The Morgan fingerprint density at radius 1 is 1.35 bits per heavy atom. The number of amides is 1. The van der Waals surface area contributed by atoms with E-state index in [2.05, 4.69) is 27.3 Å². The molecule has 0 aliphatic carbocycles. The summed E-state index contributed by atoms with van der Waals surface area (Å²) < 4.78 is 5.56. The molecule has 2 N–H and O–H groups in total. The number of hydrogen-bond acceptors (Lipinski definition) is 5. The summed E-state index contributed by atoms with van der Waals surface area (Å²) in [5.41, 5.74) is 3.05. The van der Waals surface area contributed by atoms with Crippen LogP contribution in [0.4, 0.5) is 0 Å². The summed E-state index contributed by atoms with van der Waals surface area (Å²) in [5, 5.41) is 12.8. The molecule has 1 saturated heterocycles. The van der Waals surface area contributed by atoms with E-state index >= 15 is 0 Å². The molecule has 0 bridgehead atoms. The first-order valence-corrected chi connectivity index (χ1v) is 9.01. The minimum atomic E-state index is -0.141. The molecule has 2 atom stereocenters. The molecule has 0 radical (unpaired) electrons. The smallest absolute Gasteiger partial charge is 0.253 e. The summed E-state index contributed by atoms with van der Waals surface area (Å²) >= 11 is 0. The highest BCUT2D eigenvalue weighted by Crippen LogP contribution is 2.27. The third kappa shape index (κ3) is 3.57. The Hall–Kier alpha value is -2.44. The third-order valence-corrected chi connectivity index (χ3v) is 5.15. The predicted octanol–water partition coefficient (Wildman–Crippen LogP) is 1.24. The average molecular weight is 353 g/mol. The number of aliphatic hydroxyl groups is 1. The van der Waals surface area contributed by atoms with Gasteiger partial charge in [-0.2, -0.15) is 0 Å². The fourth-order valence-corrected chi connectivity index (χ4v) is 3.78. The van der Waals surface area contributed by atoms with Crippen LogP contribution in [-0.4, -0.2) is 53.2 Å². The summed E-state index contributed by atoms with van der Waals surface area (Å²) in [6.45, 7) is 3.12. The molecule has 0 spiro atoms. The topological polar surface area (TPSA) is 74.7 Å². The van der Waals surface area contributed by atoms with Crippen LogP contribution in [0.3, 0.4) is 0 Å². The van der Waals surface area contributed by atoms with Gasteiger partial charge in [0.25, 0.3) is 5.91 Å². The number of aliphatic hydroxyl groups excluding tert-OH is 1. The Morgan fingerprint density at radius 3 is 3.08 bits per heavy atom. The molecule has 136 valence electrons. The van der Waals surface area contributed by atoms with Crippen molar-refractivity contribution < 1.29 is 14.6 Å². The molecule has 1 amide bonds. The molecular formula is C20H23N3O3. The lowest BCUT2D eigenvalue weighted by molar-refractivity contribution is 0.0920. The van der Waals surface area contributed by atoms with Crippen LogP contribution in [-0.2, 0) is 13.0 Å². The molecule has 3 heterocycles. The largest absolute Gasteiger partial charge is 0.493 e. The quantitative estimate of drug-likeness (QED) is 0.846. The van der Waals surface area contributed by atoms with Crippen LogP contribution >= 0.6 is 0 Å². The van der Waals surface area contributed by atoms with Crippen molar-refractivity contribution in [2.45, 2.75) is 19.0 Å². The van der Waals surface area contributed by atoms with E-state index in [1.165, 1.54) is 11.1 Å². The summed E-state index contributed by atoms with van der Waals surface area (Å²) in [6.07, 6.45) is 4.17. The molecule has 26 heavy (non-hydrogen) atoms. The lowest BCUT2D eigenvalue weighted by Crippen LogP contribution is -2.41. The second kappa shape index (κ2) is 7.43. The number of hydrogen-bond donors (Lipinski definition) is 2. The van der Waals surface area contributed by atoms with Gasteiger partial charge in [0.05, 0.1) is 12.2 Å². The van der Waals surface area contributed by atoms with Gasteiger partial charge < -0.3 is 15.2 Å². The summed E-state index contributed by atoms with van der Waals surface area (Å²) in [6, 6.07) is 9.77. The van der Waals surface area contributed by atoms with Crippen LogP contribution in [0.25, 0.3) is 0 Å². The number of rotatable bonds is 5. The zero-order valence-electron chi connectivity index (χ0n) is 14.6. The summed E-state index contributed by atoms with van der Waals surface area (Å²) in [7, 11) is 0. The highest BCUT2D eigenvalue weighted by atomic mass is 16.5. The average Bonchev–Trinajstić information content (AvgIpc) is 3.28. The Morgan fingerprint density at radius 2 is 2.27 bits per heavy atom. The number of aromatic nitrogens is 1. The maximum atomic E-state index is 12.4.